The third kappa shape index (κ3) is 1.23. The largest absolute Gasteiger partial charge is 0.466 e. The molecule has 2 aromatic heterocycles. The van der Waals surface area contributed by atoms with Crippen molar-refractivity contribution in [2.75, 3.05) is 5.01 Å². The first kappa shape index (κ1) is 9.67. The molecule has 0 aromatic carbocycles. The van der Waals surface area contributed by atoms with Gasteiger partial charge < -0.3 is 4.42 Å². The van der Waals surface area contributed by atoms with E-state index in [1.165, 1.54) is 5.03 Å². The molecule has 2 aromatic rings. The predicted molar refractivity (Wildman–Crippen MR) is 66.0 cm³/mol. The van der Waals surface area contributed by atoms with Crippen molar-refractivity contribution >= 4 is 23.5 Å². The fraction of sp³-hybridized carbons (Fsp3) is 0.200. The van der Waals surface area contributed by atoms with Crippen molar-refractivity contribution in [3.05, 3.63) is 40.4 Å². The molecule has 4 heterocycles. The van der Waals surface area contributed by atoms with Crippen LogP contribution in [-0.4, -0.2) is 14.9 Å². The standard InChI is InChI=1S/C10H8N4OS2/c1-6-11-12-10-13(6)14-8(17-10)5-16-9(14)7-3-2-4-15-7/h2-5,9H,1H3. The van der Waals surface area contributed by atoms with Gasteiger partial charge in [0.25, 0.3) is 0 Å². The lowest BCUT2D eigenvalue weighted by Crippen LogP contribution is -2.29. The normalized spacial score (nSPS) is 21.6. The zero-order valence-corrected chi connectivity index (χ0v) is 10.5. The highest BCUT2D eigenvalue weighted by molar-refractivity contribution is 8.07. The van der Waals surface area contributed by atoms with Crippen LogP contribution < -0.4 is 5.01 Å². The van der Waals surface area contributed by atoms with Gasteiger partial charge in [0.2, 0.25) is 5.16 Å². The maximum absolute atomic E-state index is 5.50. The van der Waals surface area contributed by atoms with Crippen molar-refractivity contribution in [3.63, 3.8) is 0 Å². The Morgan fingerprint density at radius 1 is 1.41 bits per heavy atom. The van der Waals surface area contributed by atoms with E-state index in [0.717, 1.165) is 16.7 Å². The molecule has 1 unspecified atom stereocenters. The molecular formula is C10H8N4OS2. The van der Waals surface area contributed by atoms with Crippen LogP contribution in [0.3, 0.4) is 0 Å². The molecular weight excluding hydrogens is 256 g/mol. The highest BCUT2D eigenvalue weighted by Crippen LogP contribution is 2.50. The quantitative estimate of drug-likeness (QED) is 0.788. The molecule has 0 bridgehead atoms. The summed E-state index contributed by atoms with van der Waals surface area (Å²) >= 11 is 3.38. The lowest BCUT2D eigenvalue weighted by molar-refractivity contribution is 0.479. The summed E-state index contributed by atoms with van der Waals surface area (Å²) < 4.78 is 7.54. The van der Waals surface area contributed by atoms with Crippen molar-refractivity contribution in [2.24, 2.45) is 0 Å². The van der Waals surface area contributed by atoms with E-state index in [1.54, 1.807) is 29.8 Å². The number of rotatable bonds is 1. The van der Waals surface area contributed by atoms with Gasteiger partial charge >= 0.3 is 0 Å². The van der Waals surface area contributed by atoms with E-state index in [9.17, 15) is 0 Å². The summed E-state index contributed by atoms with van der Waals surface area (Å²) in [5.41, 5.74) is 0. The summed E-state index contributed by atoms with van der Waals surface area (Å²) in [4.78, 5) is 0. The maximum atomic E-state index is 5.50. The first-order chi connectivity index (χ1) is 8.34. The minimum absolute atomic E-state index is 0.142. The highest BCUT2D eigenvalue weighted by atomic mass is 32.2. The number of aryl methyl sites for hydroxylation is 1. The van der Waals surface area contributed by atoms with E-state index in [4.69, 9.17) is 4.42 Å². The smallest absolute Gasteiger partial charge is 0.216 e. The SMILES string of the molecule is Cc1nnc2n1N1C(=CSC1c1ccco1)S2. The lowest BCUT2D eigenvalue weighted by Gasteiger charge is -2.23. The van der Waals surface area contributed by atoms with Crippen LogP contribution in [0.2, 0.25) is 0 Å². The maximum Gasteiger partial charge on any atom is 0.216 e. The number of hydrogen-bond acceptors (Lipinski definition) is 6. The van der Waals surface area contributed by atoms with Crippen molar-refractivity contribution < 1.29 is 4.42 Å². The molecule has 7 heteroatoms. The van der Waals surface area contributed by atoms with Gasteiger partial charge in [-0.1, -0.05) is 11.8 Å². The fourth-order valence-electron chi connectivity index (χ4n) is 1.99. The highest BCUT2D eigenvalue weighted by Gasteiger charge is 2.39. The van der Waals surface area contributed by atoms with E-state index in [0.29, 0.717) is 0 Å². The monoisotopic (exact) mass is 264 g/mol. The minimum Gasteiger partial charge on any atom is -0.466 e. The summed E-state index contributed by atoms with van der Waals surface area (Å²) in [6.45, 7) is 1.96. The number of fused-ring (bicyclic) bond motifs is 3. The zero-order valence-electron chi connectivity index (χ0n) is 8.90. The van der Waals surface area contributed by atoms with Crippen molar-refractivity contribution in [2.45, 2.75) is 17.5 Å². The Hall–Kier alpha value is -1.34. The fourth-order valence-corrected chi connectivity index (χ4v) is 4.21. The average molecular weight is 264 g/mol. The van der Waals surface area contributed by atoms with Crippen LogP contribution in [0.25, 0.3) is 0 Å². The molecule has 4 rings (SSSR count). The van der Waals surface area contributed by atoms with Gasteiger partial charge in [-0.05, 0) is 30.8 Å². The van der Waals surface area contributed by atoms with Crippen LogP contribution in [0.1, 0.15) is 17.0 Å². The van der Waals surface area contributed by atoms with E-state index < -0.39 is 0 Å². The molecule has 0 spiro atoms. The number of furan rings is 1. The second kappa shape index (κ2) is 3.33. The zero-order chi connectivity index (χ0) is 11.4. The van der Waals surface area contributed by atoms with Gasteiger partial charge in [0.1, 0.15) is 10.8 Å². The molecule has 17 heavy (non-hydrogen) atoms. The first-order valence-corrected chi connectivity index (χ1v) is 6.89. The molecule has 86 valence electrons. The Morgan fingerprint density at radius 2 is 2.35 bits per heavy atom. The summed E-state index contributed by atoms with van der Waals surface area (Å²) in [5.74, 6) is 1.85. The summed E-state index contributed by atoms with van der Waals surface area (Å²) in [5, 5.41) is 14.8. The van der Waals surface area contributed by atoms with Crippen molar-refractivity contribution in [1.82, 2.24) is 14.9 Å². The predicted octanol–water partition coefficient (Wildman–Crippen LogP) is 2.47. The Kier molecular flexibility index (Phi) is 1.89. The summed E-state index contributed by atoms with van der Waals surface area (Å²) in [7, 11) is 0. The minimum atomic E-state index is 0.142. The molecule has 2 aliphatic heterocycles. The van der Waals surface area contributed by atoms with Crippen LogP contribution in [0.5, 0.6) is 0 Å². The second-order valence-corrected chi connectivity index (χ2v) is 5.69. The number of nitrogens with zero attached hydrogens (tertiary/aromatic N) is 4. The molecule has 0 amide bonds. The van der Waals surface area contributed by atoms with Gasteiger partial charge in [-0.15, -0.1) is 10.2 Å². The number of hydrogen-bond donors (Lipinski definition) is 0. The molecule has 0 aliphatic carbocycles. The van der Waals surface area contributed by atoms with Gasteiger partial charge in [0.15, 0.2) is 11.2 Å². The lowest BCUT2D eigenvalue weighted by atomic mass is 10.4. The number of thioether (sulfide) groups is 2. The molecule has 5 nitrogen and oxygen atoms in total. The second-order valence-electron chi connectivity index (χ2n) is 3.75. The van der Waals surface area contributed by atoms with Gasteiger partial charge in [-0.3, -0.25) is 0 Å². The summed E-state index contributed by atoms with van der Waals surface area (Å²) in [6.07, 6.45) is 1.71. The molecule has 0 saturated carbocycles. The van der Waals surface area contributed by atoms with Gasteiger partial charge in [-0.25, -0.2) is 9.69 Å². The average Bonchev–Trinajstić information content (AvgIpc) is 3.00. The number of aromatic nitrogens is 3. The molecule has 0 N–H and O–H groups in total. The van der Waals surface area contributed by atoms with Gasteiger partial charge in [0, 0.05) is 5.41 Å². The van der Waals surface area contributed by atoms with Gasteiger partial charge in [0.05, 0.1) is 6.26 Å². The van der Waals surface area contributed by atoms with Crippen LogP contribution in [0.15, 0.2) is 38.4 Å². The van der Waals surface area contributed by atoms with E-state index in [-0.39, 0.29) is 5.37 Å². The molecule has 0 saturated heterocycles. The van der Waals surface area contributed by atoms with E-state index >= 15 is 0 Å². The third-order valence-electron chi connectivity index (χ3n) is 2.71. The van der Waals surface area contributed by atoms with E-state index in [1.807, 2.05) is 23.7 Å². The Morgan fingerprint density at radius 3 is 3.18 bits per heavy atom. The third-order valence-corrected chi connectivity index (χ3v) is 4.86. The first-order valence-electron chi connectivity index (χ1n) is 5.13. The van der Waals surface area contributed by atoms with Crippen LogP contribution in [0, 0.1) is 6.92 Å². The Bertz CT molecular complexity index is 604. The molecule has 0 fully saturated rings. The molecule has 2 aliphatic rings. The Balaban J connectivity index is 1.83. The topological polar surface area (TPSA) is 47.1 Å². The molecule has 1 atom stereocenters. The molecule has 0 radical (unpaired) electrons. The van der Waals surface area contributed by atoms with E-state index in [2.05, 4.69) is 20.6 Å². The van der Waals surface area contributed by atoms with Crippen molar-refractivity contribution in [1.29, 1.82) is 0 Å². The van der Waals surface area contributed by atoms with Gasteiger partial charge in [-0.2, -0.15) is 0 Å². The Labute approximate surface area is 106 Å². The van der Waals surface area contributed by atoms with Crippen LogP contribution >= 0.6 is 23.5 Å². The van der Waals surface area contributed by atoms with Crippen LogP contribution in [0.4, 0.5) is 0 Å². The van der Waals surface area contributed by atoms with Crippen molar-refractivity contribution in [3.8, 4) is 0 Å². The van der Waals surface area contributed by atoms with Crippen LogP contribution in [-0.2, 0) is 0 Å². The summed E-state index contributed by atoms with van der Waals surface area (Å²) in [6, 6.07) is 3.91.